The molecule has 1 unspecified atom stereocenters. The normalized spacial score (nSPS) is 22.9. The summed E-state index contributed by atoms with van der Waals surface area (Å²) in [6, 6.07) is 6.53. The second-order valence-electron chi connectivity index (χ2n) is 13.5. The molecule has 1 heterocycles. The Bertz CT molecular complexity index is 1100. The molecule has 38 heavy (non-hydrogen) atoms. The van der Waals surface area contributed by atoms with Crippen LogP contribution >= 0.6 is 0 Å². The third-order valence-electron chi connectivity index (χ3n) is 7.75. The molecule has 1 aromatic carbocycles. The quantitative estimate of drug-likeness (QED) is 0.179. The Morgan fingerprint density at radius 3 is 2.55 bits per heavy atom. The maximum Gasteiger partial charge on any atom is 0.248 e. The summed E-state index contributed by atoms with van der Waals surface area (Å²) in [5, 5.41) is 0. The minimum absolute atomic E-state index is 0.0275. The van der Waals surface area contributed by atoms with E-state index in [1.807, 2.05) is 37.5 Å². The summed E-state index contributed by atoms with van der Waals surface area (Å²) in [6.07, 6.45) is 3.01. The summed E-state index contributed by atoms with van der Waals surface area (Å²) in [6.45, 7) is 13.5. The maximum atomic E-state index is 14.6. The number of aromatic nitrogens is 2. The highest BCUT2D eigenvalue weighted by Crippen LogP contribution is 2.44. The first kappa shape index (κ1) is 29.9. The first-order chi connectivity index (χ1) is 17.6. The van der Waals surface area contributed by atoms with E-state index in [-0.39, 0.29) is 25.6 Å². The summed E-state index contributed by atoms with van der Waals surface area (Å²) >= 11 is -1.46. The Kier molecular flexibility index (Phi) is 9.01. The van der Waals surface area contributed by atoms with Gasteiger partial charge in [0.2, 0.25) is 5.92 Å². The molecule has 0 aliphatic heterocycles. The van der Waals surface area contributed by atoms with Crippen molar-refractivity contribution >= 4 is 30.5 Å². The van der Waals surface area contributed by atoms with Gasteiger partial charge in [0.15, 0.2) is 0 Å². The lowest BCUT2D eigenvalue weighted by atomic mass is 9.81. The van der Waals surface area contributed by atoms with Crippen molar-refractivity contribution in [2.24, 2.45) is 17.6 Å². The molecule has 4 rings (SSSR count). The summed E-state index contributed by atoms with van der Waals surface area (Å²) in [5.74, 6) is -2.01. The fraction of sp³-hybridized carbons (Fsp3) is 0.750. The van der Waals surface area contributed by atoms with Crippen LogP contribution in [-0.2, 0) is 22.8 Å². The number of fused-ring (bicyclic) bond motifs is 1. The van der Waals surface area contributed by atoms with Gasteiger partial charge in [0.05, 0.1) is 11.0 Å². The van der Waals surface area contributed by atoms with E-state index in [2.05, 4.69) is 30.4 Å². The third-order valence-corrected chi connectivity index (χ3v) is 11.0. The SMILES string of the molecule is CC(C)(C)[S+]([O-])N[C@H](c1nc2cc([C@H](N)C3CC3)ccc2n1COCC[Si](C)(C)C)[C@@H]1CCCC(F)(F)C1. The first-order valence-electron chi connectivity index (χ1n) is 14.0. The number of nitrogens with zero attached hydrogens (tertiary/aromatic N) is 2. The van der Waals surface area contributed by atoms with Gasteiger partial charge >= 0.3 is 0 Å². The molecular formula is C28H46F2N4O2SSi. The Morgan fingerprint density at radius 2 is 1.95 bits per heavy atom. The fourth-order valence-electron chi connectivity index (χ4n) is 5.15. The van der Waals surface area contributed by atoms with E-state index < -0.39 is 42.1 Å². The number of benzene rings is 1. The number of halogens is 2. The van der Waals surface area contributed by atoms with Crippen molar-refractivity contribution in [1.29, 1.82) is 0 Å². The monoisotopic (exact) mass is 568 g/mol. The number of nitrogens with two attached hydrogens (primary N) is 1. The molecule has 2 saturated carbocycles. The van der Waals surface area contributed by atoms with Gasteiger partial charge in [-0.3, -0.25) is 0 Å². The Morgan fingerprint density at radius 1 is 1.24 bits per heavy atom. The maximum absolute atomic E-state index is 14.6. The van der Waals surface area contributed by atoms with Gasteiger partial charge in [0.25, 0.3) is 0 Å². The van der Waals surface area contributed by atoms with E-state index in [1.165, 1.54) is 0 Å². The zero-order valence-electron chi connectivity index (χ0n) is 23.9. The summed E-state index contributed by atoms with van der Waals surface area (Å²) in [4.78, 5) is 5.02. The molecule has 6 nitrogen and oxygen atoms in total. The predicted molar refractivity (Wildman–Crippen MR) is 154 cm³/mol. The standard InChI is InChI=1S/C28H46F2N4O2SSi/c1-27(2,3)37(35)33-25(21-8-7-13-28(29,30)17-21)26-32-22-16-20(24(31)19-9-10-19)11-12-23(22)34(26)18-36-14-15-38(4,5)6/h11-12,16,19,21,24-25,33H,7-10,13-15,17-18,31H2,1-6H3/t21-,24-,25+,37?/m1/s1. The minimum atomic E-state index is -2.74. The molecule has 10 heteroatoms. The van der Waals surface area contributed by atoms with Gasteiger partial charge in [-0.05, 0) is 82.0 Å². The molecule has 4 atom stereocenters. The van der Waals surface area contributed by atoms with Gasteiger partial charge in [-0.15, -0.1) is 4.72 Å². The highest BCUT2D eigenvalue weighted by Gasteiger charge is 2.44. The van der Waals surface area contributed by atoms with Gasteiger partial charge in [-0.1, -0.05) is 25.7 Å². The van der Waals surface area contributed by atoms with Crippen molar-refractivity contribution in [2.75, 3.05) is 6.61 Å². The van der Waals surface area contributed by atoms with E-state index >= 15 is 0 Å². The van der Waals surface area contributed by atoms with Crippen molar-refractivity contribution in [3.8, 4) is 0 Å². The molecule has 1 aromatic heterocycles. The largest absolute Gasteiger partial charge is 0.598 e. The highest BCUT2D eigenvalue weighted by atomic mass is 32.2. The average Bonchev–Trinajstić information content (AvgIpc) is 3.59. The van der Waals surface area contributed by atoms with Crippen molar-refractivity contribution in [3.05, 3.63) is 29.6 Å². The van der Waals surface area contributed by atoms with Gasteiger partial charge in [0.1, 0.15) is 23.3 Å². The molecule has 0 bridgehead atoms. The highest BCUT2D eigenvalue weighted by molar-refractivity contribution is 7.90. The number of imidazole rings is 1. The lowest BCUT2D eigenvalue weighted by molar-refractivity contribution is -0.0580. The van der Waals surface area contributed by atoms with Crippen LogP contribution in [0.1, 0.15) is 82.8 Å². The molecule has 2 aliphatic rings. The first-order valence-corrected chi connectivity index (χ1v) is 18.9. The molecule has 3 N–H and O–H groups in total. The zero-order valence-corrected chi connectivity index (χ0v) is 25.7. The van der Waals surface area contributed by atoms with E-state index in [0.717, 1.165) is 35.5 Å². The van der Waals surface area contributed by atoms with E-state index in [4.69, 9.17) is 15.5 Å². The van der Waals surface area contributed by atoms with Crippen LogP contribution in [0.15, 0.2) is 18.2 Å². The Labute approximate surface area is 230 Å². The topological polar surface area (TPSA) is 88.2 Å². The number of hydrogen-bond acceptors (Lipinski definition) is 5. The van der Waals surface area contributed by atoms with Gasteiger partial charge in [-0.2, -0.15) is 0 Å². The Hall–Kier alpha value is -1.04. The van der Waals surface area contributed by atoms with Crippen molar-refractivity contribution in [3.63, 3.8) is 0 Å². The number of rotatable bonds is 11. The van der Waals surface area contributed by atoms with Crippen LogP contribution in [0.3, 0.4) is 0 Å². The second-order valence-corrected chi connectivity index (χ2v) is 21.2. The molecule has 2 aromatic rings. The number of hydrogen-bond donors (Lipinski definition) is 2. The fourth-order valence-corrected chi connectivity index (χ4v) is 6.79. The van der Waals surface area contributed by atoms with Gasteiger partial charge < -0.3 is 19.6 Å². The molecule has 0 amide bonds. The summed E-state index contributed by atoms with van der Waals surface area (Å²) in [5.41, 5.74) is 9.21. The number of nitrogens with one attached hydrogen (secondary N) is 1. The molecule has 2 fully saturated rings. The van der Waals surface area contributed by atoms with E-state index in [1.54, 1.807) is 0 Å². The van der Waals surface area contributed by atoms with Crippen LogP contribution in [0.2, 0.25) is 25.7 Å². The van der Waals surface area contributed by atoms with Crippen LogP contribution in [-0.4, -0.2) is 39.5 Å². The van der Waals surface area contributed by atoms with Crippen molar-refractivity contribution < 1.29 is 18.1 Å². The number of alkyl halides is 2. The smallest absolute Gasteiger partial charge is 0.248 e. The van der Waals surface area contributed by atoms with Crippen LogP contribution in [0, 0.1) is 11.8 Å². The van der Waals surface area contributed by atoms with E-state index in [0.29, 0.717) is 31.2 Å². The van der Waals surface area contributed by atoms with Crippen molar-refractivity contribution in [1.82, 2.24) is 14.3 Å². The van der Waals surface area contributed by atoms with Crippen molar-refractivity contribution in [2.45, 2.75) is 114 Å². The van der Waals surface area contributed by atoms with Crippen LogP contribution in [0.5, 0.6) is 0 Å². The molecule has 214 valence electrons. The summed E-state index contributed by atoms with van der Waals surface area (Å²) < 4.78 is 53.4. The lowest BCUT2D eigenvalue weighted by Crippen LogP contribution is -2.45. The molecule has 0 spiro atoms. The zero-order chi connectivity index (χ0) is 27.9. The molecular weight excluding hydrogens is 522 g/mol. The van der Waals surface area contributed by atoms with Crippen LogP contribution in [0.25, 0.3) is 11.0 Å². The molecule has 0 radical (unpaired) electrons. The molecule has 0 saturated heterocycles. The van der Waals surface area contributed by atoms with Gasteiger partial charge in [0, 0.05) is 44.9 Å². The average molecular weight is 569 g/mol. The van der Waals surface area contributed by atoms with Crippen LogP contribution in [0.4, 0.5) is 8.78 Å². The lowest BCUT2D eigenvalue weighted by Gasteiger charge is -2.36. The minimum Gasteiger partial charge on any atom is -0.598 e. The molecule has 2 aliphatic carbocycles. The predicted octanol–water partition coefficient (Wildman–Crippen LogP) is 6.68. The Balaban J connectivity index is 1.74. The van der Waals surface area contributed by atoms with Crippen LogP contribution < -0.4 is 10.5 Å². The number of ether oxygens (including phenoxy) is 1. The third kappa shape index (κ3) is 7.57. The second kappa shape index (κ2) is 11.4. The van der Waals surface area contributed by atoms with Gasteiger partial charge in [-0.25, -0.2) is 13.8 Å². The van der Waals surface area contributed by atoms with E-state index in [9.17, 15) is 13.3 Å². The summed E-state index contributed by atoms with van der Waals surface area (Å²) in [7, 11) is -1.28.